The highest BCUT2D eigenvalue weighted by atomic mass is 19.4. The number of alkyl halides is 3. The Labute approximate surface area is 170 Å². The van der Waals surface area contributed by atoms with Gasteiger partial charge in [0, 0.05) is 13.1 Å². The zero-order chi connectivity index (χ0) is 21.5. The molecule has 1 heterocycles. The van der Waals surface area contributed by atoms with Crippen LogP contribution in [0.15, 0.2) is 36.4 Å². The average molecular weight is 418 g/mol. The molecule has 0 bridgehead atoms. The first-order valence-corrected chi connectivity index (χ1v) is 9.72. The standard InChI is InChI=1S/C21H21F3N4O2/c1-12(29)20(30)25-10-13-4-6-15(7-5-13)16-8-9-17-19(18(16)21(22,23)24)26-27-28(17)11-14-2-3-14/h4-9,12,14,29H,2-3,10-11H2,1H3,(H,25,30)/t12-/m0/s1. The summed E-state index contributed by atoms with van der Waals surface area (Å²) in [5, 5.41) is 19.6. The largest absolute Gasteiger partial charge is 0.419 e. The lowest BCUT2D eigenvalue weighted by Crippen LogP contribution is -2.31. The molecule has 158 valence electrons. The minimum absolute atomic E-state index is 0.0352. The molecule has 1 aliphatic carbocycles. The highest BCUT2D eigenvalue weighted by molar-refractivity contribution is 5.87. The summed E-state index contributed by atoms with van der Waals surface area (Å²) in [6.45, 7) is 2.11. The summed E-state index contributed by atoms with van der Waals surface area (Å²) in [5.41, 5.74) is 0.582. The van der Waals surface area contributed by atoms with E-state index in [0.717, 1.165) is 12.8 Å². The smallest absolute Gasteiger partial charge is 0.384 e. The third kappa shape index (κ3) is 4.16. The first-order chi connectivity index (χ1) is 14.2. The molecule has 1 aromatic heterocycles. The van der Waals surface area contributed by atoms with E-state index in [1.807, 2.05) is 0 Å². The summed E-state index contributed by atoms with van der Waals surface area (Å²) in [6, 6.07) is 9.54. The Morgan fingerprint density at radius 1 is 1.23 bits per heavy atom. The van der Waals surface area contributed by atoms with Crippen molar-refractivity contribution in [2.45, 2.75) is 45.1 Å². The van der Waals surface area contributed by atoms with Gasteiger partial charge >= 0.3 is 6.18 Å². The van der Waals surface area contributed by atoms with Crippen molar-refractivity contribution in [3.8, 4) is 11.1 Å². The van der Waals surface area contributed by atoms with Crippen LogP contribution in [0.25, 0.3) is 22.2 Å². The number of carbonyl (C=O) groups excluding carboxylic acids is 1. The molecule has 1 amide bonds. The van der Waals surface area contributed by atoms with Crippen molar-refractivity contribution < 1.29 is 23.1 Å². The van der Waals surface area contributed by atoms with E-state index in [1.54, 1.807) is 35.0 Å². The van der Waals surface area contributed by atoms with Crippen molar-refractivity contribution in [1.29, 1.82) is 0 Å². The monoisotopic (exact) mass is 418 g/mol. The minimum Gasteiger partial charge on any atom is -0.384 e. The van der Waals surface area contributed by atoms with Crippen LogP contribution in [-0.4, -0.2) is 32.1 Å². The number of benzene rings is 2. The average Bonchev–Trinajstić information content (AvgIpc) is 3.43. The Hall–Kier alpha value is -2.94. The number of hydrogen-bond acceptors (Lipinski definition) is 4. The number of aliphatic hydroxyl groups is 1. The normalized spacial score (nSPS) is 15.4. The second-order valence-corrected chi connectivity index (χ2v) is 7.66. The first kappa shape index (κ1) is 20.3. The highest BCUT2D eigenvalue weighted by Gasteiger charge is 2.38. The maximum atomic E-state index is 14.0. The Morgan fingerprint density at radius 3 is 2.53 bits per heavy atom. The number of rotatable bonds is 6. The summed E-state index contributed by atoms with van der Waals surface area (Å²) in [6.07, 6.45) is -3.58. The fourth-order valence-corrected chi connectivity index (χ4v) is 3.38. The van der Waals surface area contributed by atoms with E-state index in [2.05, 4.69) is 15.6 Å². The number of halogens is 3. The van der Waals surface area contributed by atoms with Crippen molar-refractivity contribution >= 4 is 16.9 Å². The van der Waals surface area contributed by atoms with Gasteiger partial charge in [0.1, 0.15) is 11.6 Å². The summed E-state index contributed by atoms with van der Waals surface area (Å²) < 4.78 is 43.4. The predicted molar refractivity (Wildman–Crippen MR) is 104 cm³/mol. The lowest BCUT2D eigenvalue weighted by Gasteiger charge is -2.14. The molecule has 0 aliphatic heterocycles. The number of aromatic nitrogens is 3. The Kier molecular flexibility index (Phi) is 5.23. The second kappa shape index (κ2) is 7.71. The molecule has 0 saturated heterocycles. The van der Waals surface area contributed by atoms with Gasteiger partial charge in [-0.2, -0.15) is 13.2 Å². The van der Waals surface area contributed by atoms with Crippen LogP contribution in [0.4, 0.5) is 13.2 Å². The lowest BCUT2D eigenvalue weighted by atomic mass is 9.97. The van der Waals surface area contributed by atoms with Crippen molar-refractivity contribution in [2.75, 3.05) is 0 Å². The maximum absolute atomic E-state index is 14.0. The first-order valence-electron chi connectivity index (χ1n) is 9.72. The summed E-state index contributed by atoms with van der Waals surface area (Å²) in [7, 11) is 0. The molecule has 0 spiro atoms. The Bertz CT molecular complexity index is 1070. The van der Waals surface area contributed by atoms with Crippen molar-refractivity contribution in [2.24, 2.45) is 5.92 Å². The number of aliphatic hydroxyl groups excluding tert-OH is 1. The van der Waals surface area contributed by atoms with E-state index in [-0.39, 0.29) is 17.6 Å². The SMILES string of the molecule is C[C@H](O)C(=O)NCc1ccc(-c2ccc3c(nnn3CC3CC3)c2C(F)(F)F)cc1. The summed E-state index contributed by atoms with van der Waals surface area (Å²) in [5.74, 6) is -0.0519. The topological polar surface area (TPSA) is 80.0 Å². The fraction of sp³-hybridized carbons (Fsp3) is 0.381. The molecule has 1 fully saturated rings. The lowest BCUT2D eigenvalue weighted by molar-refractivity contribution is -0.136. The van der Waals surface area contributed by atoms with Gasteiger partial charge in [-0.1, -0.05) is 35.5 Å². The molecule has 3 aromatic rings. The molecule has 2 N–H and O–H groups in total. The van der Waals surface area contributed by atoms with Gasteiger partial charge < -0.3 is 10.4 Å². The summed E-state index contributed by atoms with van der Waals surface area (Å²) in [4.78, 5) is 11.5. The molecule has 1 atom stereocenters. The van der Waals surface area contributed by atoms with E-state index in [1.165, 1.54) is 13.0 Å². The Morgan fingerprint density at radius 2 is 1.93 bits per heavy atom. The molecular formula is C21H21F3N4O2. The van der Waals surface area contributed by atoms with Gasteiger partial charge in [-0.3, -0.25) is 4.79 Å². The molecule has 4 rings (SSSR count). The molecule has 1 saturated carbocycles. The van der Waals surface area contributed by atoms with Crippen molar-refractivity contribution in [3.63, 3.8) is 0 Å². The summed E-state index contributed by atoms with van der Waals surface area (Å²) >= 11 is 0. The van der Waals surface area contributed by atoms with E-state index < -0.39 is 23.8 Å². The molecule has 2 aromatic carbocycles. The maximum Gasteiger partial charge on any atom is 0.419 e. The van der Waals surface area contributed by atoms with Crippen LogP contribution in [0.3, 0.4) is 0 Å². The fourth-order valence-electron chi connectivity index (χ4n) is 3.38. The molecule has 9 heteroatoms. The number of hydrogen-bond donors (Lipinski definition) is 2. The van der Waals surface area contributed by atoms with Crippen LogP contribution >= 0.6 is 0 Å². The molecule has 30 heavy (non-hydrogen) atoms. The van der Waals surface area contributed by atoms with Gasteiger partial charge in [0.15, 0.2) is 0 Å². The third-order valence-corrected chi connectivity index (χ3v) is 5.21. The zero-order valence-electron chi connectivity index (χ0n) is 16.3. The number of nitrogens with one attached hydrogen (secondary N) is 1. The molecular weight excluding hydrogens is 397 g/mol. The third-order valence-electron chi connectivity index (χ3n) is 5.21. The van der Waals surface area contributed by atoms with Gasteiger partial charge in [0.05, 0.1) is 11.1 Å². The van der Waals surface area contributed by atoms with Gasteiger partial charge in [-0.25, -0.2) is 4.68 Å². The number of nitrogens with zero attached hydrogens (tertiary/aromatic N) is 3. The van der Waals surface area contributed by atoms with Crippen LogP contribution in [0, 0.1) is 5.92 Å². The number of fused-ring (bicyclic) bond motifs is 1. The van der Waals surface area contributed by atoms with E-state index >= 15 is 0 Å². The van der Waals surface area contributed by atoms with Crippen LogP contribution in [0.5, 0.6) is 0 Å². The van der Waals surface area contributed by atoms with Crippen molar-refractivity contribution in [3.05, 3.63) is 47.5 Å². The molecule has 6 nitrogen and oxygen atoms in total. The zero-order valence-corrected chi connectivity index (χ0v) is 16.3. The van der Waals surface area contributed by atoms with Gasteiger partial charge in [-0.15, -0.1) is 5.10 Å². The number of carbonyl (C=O) groups is 1. The van der Waals surface area contributed by atoms with Crippen LogP contribution in [0.1, 0.15) is 30.9 Å². The predicted octanol–water partition coefficient (Wildman–Crippen LogP) is 3.52. The van der Waals surface area contributed by atoms with Gasteiger partial charge in [0.2, 0.25) is 5.91 Å². The number of amides is 1. The van der Waals surface area contributed by atoms with Gasteiger partial charge in [-0.05, 0) is 48.4 Å². The van der Waals surface area contributed by atoms with Crippen LogP contribution in [-0.2, 0) is 24.1 Å². The molecule has 0 radical (unpaired) electrons. The quantitative estimate of drug-likeness (QED) is 0.642. The minimum atomic E-state index is -4.58. The van der Waals surface area contributed by atoms with E-state index in [0.29, 0.717) is 29.1 Å². The van der Waals surface area contributed by atoms with Crippen LogP contribution < -0.4 is 5.32 Å². The molecule has 1 aliphatic rings. The highest BCUT2D eigenvalue weighted by Crippen LogP contribution is 2.41. The Balaban J connectivity index is 1.67. The molecule has 0 unspecified atom stereocenters. The van der Waals surface area contributed by atoms with Crippen molar-refractivity contribution in [1.82, 2.24) is 20.3 Å². The van der Waals surface area contributed by atoms with Gasteiger partial charge in [0.25, 0.3) is 0 Å². The van der Waals surface area contributed by atoms with Crippen LogP contribution in [0.2, 0.25) is 0 Å². The van der Waals surface area contributed by atoms with E-state index in [4.69, 9.17) is 0 Å². The second-order valence-electron chi connectivity index (χ2n) is 7.66. The van der Waals surface area contributed by atoms with E-state index in [9.17, 15) is 23.1 Å².